The number of hydrogen-bond acceptors (Lipinski definition) is 1. The predicted molar refractivity (Wildman–Crippen MR) is 73.9 cm³/mol. The van der Waals surface area contributed by atoms with E-state index in [0.717, 1.165) is 12.0 Å². The van der Waals surface area contributed by atoms with Gasteiger partial charge in [0.15, 0.2) is 0 Å². The Bertz CT molecular complexity index is 272. The second kappa shape index (κ2) is 8.37. The molecule has 96 valence electrons. The van der Waals surface area contributed by atoms with Crippen molar-refractivity contribution in [3.8, 4) is 12.3 Å². The number of epoxide rings is 1. The molecular weight excluding hydrogens is 208 g/mol. The molecule has 1 heteroatoms. The standard InChI is InChI=1S/C16H26O/c1-4-7-9-10-11-14(6-3)13-16-15(17-16)12-8-5-2/h3,13,15-16H,4-5,7-12H2,1-2H3/b14-13+/t15-,16-/m0/s1. The van der Waals surface area contributed by atoms with Gasteiger partial charge in [-0.3, -0.25) is 0 Å². The van der Waals surface area contributed by atoms with Gasteiger partial charge in [0.05, 0.1) is 6.10 Å². The molecule has 1 nitrogen and oxygen atoms in total. The van der Waals surface area contributed by atoms with Crippen molar-refractivity contribution in [2.45, 2.75) is 77.4 Å². The van der Waals surface area contributed by atoms with Gasteiger partial charge in [-0.1, -0.05) is 51.9 Å². The first-order chi connectivity index (χ1) is 8.31. The van der Waals surface area contributed by atoms with Crippen molar-refractivity contribution in [1.29, 1.82) is 0 Å². The monoisotopic (exact) mass is 234 g/mol. The Balaban J connectivity index is 2.20. The lowest BCUT2D eigenvalue weighted by Gasteiger charge is -1.99. The third-order valence-electron chi connectivity index (χ3n) is 3.31. The molecule has 1 aliphatic heterocycles. The van der Waals surface area contributed by atoms with Crippen LogP contribution < -0.4 is 0 Å². The Hall–Kier alpha value is -0.740. The van der Waals surface area contributed by atoms with E-state index in [0.29, 0.717) is 12.2 Å². The summed E-state index contributed by atoms with van der Waals surface area (Å²) in [5, 5.41) is 0. The second-order valence-corrected chi connectivity index (χ2v) is 4.93. The van der Waals surface area contributed by atoms with Crippen LogP contribution in [0.1, 0.15) is 65.2 Å². The molecule has 1 heterocycles. The Morgan fingerprint density at radius 3 is 2.59 bits per heavy atom. The van der Waals surface area contributed by atoms with Crippen molar-refractivity contribution in [3.05, 3.63) is 11.6 Å². The van der Waals surface area contributed by atoms with Gasteiger partial charge in [-0.15, -0.1) is 6.42 Å². The summed E-state index contributed by atoms with van der Waals surface area (Å²) < 4.78 is 5.61. The van der Waals surface area contributed by atoms with Gasteiger partial charge in [0.25, 0.3) is 0 Å². The van der Waals surface area contributed by atoms with E-state index in [-0.39, 0.29) is 0 Å². The molecule has 0 spiro atoms. The number of allylic oxidation sites excluding steroid dienone is 1. The van der Waals surface area contributed by atoms with Crippen molar-refractivity contribution in [2.24, 2.45) is 0 Å². The van der Waals surface area contributed by atoms with Crippen molar-refractivity contribution in [2.75, 3.05) is 0 Å². The Labute approximate surface area is 107 Å². The van der Waals surface area contributed by atoms with Gasteiger partial charge >= 0.3 is 0 Å². The van der Waals surface area contributed by atoms with Gasteiger partial charge in [0.2, 0.25) is 0 Å². The van der Waals surface area contributed by atoms with Gasteiger partial charge in [-0.2, -0.15) is 0 Å². The molecule has 0 unspecified atom stereocenters. The number of hydrogen-bond donors (Lipinski definition) is 0. The number of unbranched alkanes of at least 4 members (excludes halogenated alkanes) is 4. The molecule has 0 radical (unpaired) electrons. The summed E-state index contributed by atoms with van der Waals surface area (Å²) in [5.74, 6) is 2.81. The summed E-state index contributed by atoms with van der Waals surface area (Å²) in [5.41, 5.74) is 1.14. The van der Waals surface area contributed by atoms with Crippen LogP contribution in [0.3, 0.4) is 0 Å². The first-order valence-electron chi connectivity index (χ1n) is 7.14. The van der Waals surface area contributed by atoms with Crippen molar-refractivity contribution in [1.82, 2.24) is 0 Å². The van der Waals surface area contributed by atoms with E-state index in [1.165, 1.54) is 44.9 Å². The largest absolute Gasteiger partial charge is 0.365 e. The third-order valence-corrected chi connectivity index (χ3v) is 3.31. The molecule has 0 aromatic rings. The zero-order valence-electron chi connectivity index (χ0n) is 11.4. The van der Waals surface area contributed by atoms with Crippen LogP contribution in [0.25, 0.3) is 0 Å². The molecule has 2 atom stereocenters. The summed E-state index contributed by atoms with van der Waals surface area (Å²) in [6.07, 6.45) is 18.3. The Morgan fingerprint density at radius 1 is 1.18 bits per heavy atom. The van der Waals surface area contributed by atoms with Crippen LogP contribution in [0, 0.1) is 12.3 Å². The van der Waals surface area contributed by atoms with Gasteiger partial charge < -0.3 is 4.74 Å². The summed E-state index contributed by atoms with van der Waals surface area (Å²) >= 11 is 0. The zero-order valence-corrected chi connectivity index (χ0v) is 11.4. The molecule has 0 saturated carbocycles. The van der Waals surface area contributed by atoms with Crippen molar-refractivity contribution < 1.29 is 4.74 Å². The van der Waals surface area contributed by atoms with Crippen molar-refractivity contribution in [3.63, 3.8) is 0 Å². The fraction of sp³-hybridized carbons (Fsp3) is 0.750. The topological polar surface area (TPSA) is 12.5 Å². The molecular formula is C16H26O. The Kier molecular flexibility index (Phi) is 7.05. The van der Waals surface area contributed by atoms with E-state index in [1.54, 1.807) is 0 Å². The molecule has 0 N–H and O–H groups in total. The van der Waals surface area contributed by atoms with E-state index < -0.39 is 0 Å². The molecule has 1 fully saturated rings. The highest BCUT2D eigenvalue weighted by atomic mass is 16.6. The molecule has 0 aliphatic carbocycles. The van der Waals surface area contributed by atoms with Crippen LogP contribution in [0.5, 0.6) is 0 Å². The fourth-order valence-corrected chi connectivity index (χ4v) is 2.08. The molecule has 0 bridgehead atoms. The lowest BCUT2D eigenvalue weighted by Crippen LogP contribution is -1.92. The lowest BCUT2D eigenvalue weighted by atomic mass is 10.0. The number of ether oxygens (including phenoxy) is 1. The molecule has 0 aromatic carbocycles. The number of rotatable bonds is 9. The molecule has 1 aliphatic rings. The van der Waals surface area contributed by atoms with Gasteiger partial charge in [-0.05, 0) is 25.3 Å². The van der Waals surface area contributed by atoms with Crippen LogP contribution in [-0.4, -0.2) is 12.2 Å². The van der Waals surface area contributed by atoms with E-state index in [2.05, 4.69) is 25.8 Å². The summed E-state index contributed by atoms with van der Waals surface area (Å²) in [4.78, 5) is 0. The quantitative estimate of drug-likeness (QED) is 0.326. The molecule has 17 heavy (non-hydrogen) atoms. The minimum absolute atomic E-state index is 0.318. The molecule has 0 aromatic heterocycles. The van der Waals surface area contributed by atoms with E-state index in [4.69, 9.17) is 11.2 Å². The van der Waals surface area contributed by atoms with Crippen LogP contribution >= 0.6 is 0 Å². The highest BCUT2D eigenvalue weighted by Crippen LogP contribution is 2.29. The minimum atomic E-state index is 0.318. The summed E-state index contributed by atoms with van der Waals surface area (Å²) in [6, 6.07) is 0. The minimum Gasteiger partial charge on any atom is -0.365 e. The van der Waals surface area contributed by atoms with Crippen LogP contribution in [-0.2, 0) is 4.74 Å². The second-order valence-electron chi connectivity index (χ2n) is 4.93. The SMILES string of the molecule is C#C/C(=C\[C@@H]1O[C@H]1CCCC)CCCCCC. The molecule has 1 saturated heterocycles. The number of terminal acetylenes is 1. The first-order valence-corrected chi connectivity index (χ1v) is 7.14. The predicted octanol–water partition coefficient (Wildman–Crippen LogP) is 4.47. The third kappa shape index (κ3) is 5.94. The highest BCUT2D eigenvalue weighted by Gasteiger charge is 2.35. The molecule has 1 rings (SSSR count). The van der Waals surface area contributed by atoms with E-state index >= 15 is 0 Å². The normalized spacial score (nSPS) is 23.5. The van der Waals surface area contributed by atoms with Crippen LogP contribution in [0.15, 0.2) is 11.6 Å². The fourth-order valence-electron chi connectivity index (χ4n) is 2.08. The Morgan fingerprint density at radius 2 is 1.94 bits per heavy atom. The summed E-state index contributed by atoms with van der Waals surface area (Å²) in [7, 11) is 0. The maximum atomic E-state index is 5.61. The average molecular weight is 234 g/mol. The first kappa shape index (κ1) is 14.3. The summed E-state index contributed by atoms with van der Waals surface area (Å²) in [6.45, 7) is 4.45. The smallest absolute Gasteiger partial charge is 0.103 e. The van der Waals surface area contributed by atoms with Gasteiger partial charge in [-0.25, -0.2) is 0 Å². The lowest BCUT2D eigenvalue weighted by molar-refractivity contribution is 0.374. The van der Waals surface area contributed by atoms with Crippen molar-refractivity contribution >= 4 is 0 Å². The van der Waals surface area contributed by atoms with Crippen LogP contribution in [0.2, 0.25) is 0 Å². The van der Waals surface area contributed by atoms with Gasteiger partial charge in [0, 0.05) is 5.57 Å². The van der Waals surface area contributed by atoms with E-state index in [1.807, 2.05) is 0 Å². The van der Waals surface area contributed by atoms with Crippen LogP contribution in [0.4, 0.5) is 0 Å². The zero-order chi connectivity index (χ0) is 12.5. The maximum Gasteiger partial charge on any atom is 0.103 e. The average Bonchev–Trinajstić information content (AvgIpc) is 3.09. The van der Waals surface area contributed by atoms with Gasteiger partial charge in [0.1, 0.15) is 6.10 Å². The molecule has 0 amide bonds. The maximum absolute atomic E-state index is 5.61. The van der Waals surface area contributed by atoms with E-state index in [9.17, 15) is 0 Å². The highest BCUT2D eigenvalue weighted by molar-refractivity contribution is 5.28.